The number of aromatic nitrogens is 4. The summed E-state index contributed by atoms with van der Waals surface area (Å²) in [6.45, 7) is 1.75. The van der Waals surface area contributed by atoms with Crippen LogP contribution in [0.15, 0.2) is 24.3 Å². The van der Waals surface area contributed by atoms with E-state index in [-0.39, 0.29) is 11.6 Å². The third-order valence-electron chi connectivity index (χ3n) is 2.34. The lowest BCUT2D eigenvalue weighted by Crippen LogP contribution is -2.17. The molecule has 2 aromatic rings. The Balaban J connectivity index is 2.28. The van der Waals surface area contributed by atoms with Gasteiger partial charge < -0.3 is 0 Å². The van der Waals surface area contributed by atoms with E-state index in [0.717, 1.165) is 0 Å². The van der Waals surface area contributed by atoms with Crippen LogP contribution in [0.25, 0.3) is 5.69 Å². The summed E-state index contributed by atoms with van der Waals surface area (Å²) in [5.41, 5.74) is 1.12. The highest BCUT2D eigenvalue weighted by Gasteiger charge is 2.10. The molecule has 9 heteroatoms. The largest absolute Gasteiger partial charge is 0.283 e. The lowest BCUT2D eigenvalue weighted by Gasteiger charge is -2.08. The molecule has 19 heavy (non-hydrogen) atoms. The van der Waals surface area contributed by atoms with Gasteiger partial charge in [-0.1, -0.05) is 6.07 Å². The molecule has 0 amide bonds. The fourth-order valence-corrected chi connectivity index (χ4v) is 2.90. The third-order valence-corrected chi connectivity index (χ3v) is 4.04. The number of benzene rings is 1. The Morgan fingerprint density at radius 1 is 1.42 bits per heavy atom. The SMILES string of the molecule is Cc1nnnn1-c1cccc(NS(=O)(=O)CCCl)c1. The fourth-order valence-electron chi connectivity index (χ4n) is 1.50. The van der Waals surface area contributed by atoms with Crippen molar-refractivity contribution >= 4 is 27.3 Å². The number of aryl methyl sites for hydroxylation is 1. The topological polar surface area (TPSA) is 89.8 Å². The number of alkyl halides is 1. The summed E-state index contributed by atoms with van der Waals surface area (Å²) in [7, 11) is -3.42. The minimum atomic E-state index is -3.42. The van der Waals surface area contributed by atoms with Gasteiger partial charge >= 0.3 is 0 Å². The summed E-state index contributed by atoms with van der Waals surface area (Å²) in [5.74, 6) is 0.518. The first-order valence-electron chi connectivity index (χ1n) is 5.44. The number of tetrazole rings is 1. The fraction of sp³-hybridized carbons (Fsp3) is 0.300. The van der Waals surface area contributed by atoms with Crippen molar-refractivity contribution in [2.75, 3.05) is 16.4 Å². The van der Waals surface area contributed by atoms with Crippen LogP contribution < -0.4 is 4.72 Å². The molecule has 0 saturated heterocycles. The maximum atomic E-state index is 11.6. The molecule has 0 bridgehead atoms. The zero-order valence-electron chi connectivity index (χ0n) is 10.1. The molecule has 1 heterocycles. The number of nitrogens with zero attached hydrogens (tertiary/aromatic N) is 4. The molecule has 1 aromatic carbocycles. The monoisotopic (exact) mass is 301 g/mol. The summed E-state index contributed by atoms with van der Waals surface area (Å²) < 4.78 is 27.2. The molecule has 7 nitrogen and oxygen atoms in total. The Labute approximate surface area is 115 Å². The van der Waals surface area contributed by atoms with Crippen molar-refractivity contribution in [2.45, 2.75) is 6.92 Å². The number of nitrogens with one attached hydrogen (secondary N) is 1. The lowest BCUT2D eigenvalue weighted by atomic mass is 10.3. The van der Waals surface area contributed by atoms with Crippen LogP contribution in [0.3, 0.4) is 0 Å². The number of hydrogen-bond acceptors (Lipinski definition) is 5. The van der Waals surface area contributed by atoms with Gasteiger partial charge in [0.25, 0.3) is 0 Å². The van der Waals surface area contributed by atoms with Crippen molar-refractivity contribution in [3.8, 4) is 5.69 Å². The predicted molar refractivity (Wildman–Crippen MR) is 72.0 cm³/mol. The summed E-state index contributed by atoms with van der Waals surface area (Å²) in [4.78, 5) is 0. The molecule has 0 aliphatic carbocycles. The quantitative estimate of drug-likeness (QED) is 0.831. The number of hydrogen-bond donors (Lipinski definition) is 1. The van der Waals surface area contributed by atoms with Gasteiger partial charge in [-0.15, -0.1) is 16.7 Å². The molecule has 102 valence electrons. The second-order valence-electron chi connectivity index (χ2n) is 3.80. The van der Waals surface area contributed by atoms with E-state index in [0.29, 0.717) is 17.2 Å². The highest BCUT2D eigenvalue weighted by atomic mass is 35.5. The molecular weight excluding hydrogens is 290 g/mol. The normalized spacial score (nSPS) is 11.5. The Kier molecular flexibility index (Phi) is 4.01. The average Bonchev–Trinajstić information content (AvgIpc) is 2.75. The first kappa shape index (κ1) is 13.8. The second kappa shape index (κ2) is 5.54. The Morgan fingerprint density at radius 2 is 2.21 bits per heavy atom. The first-order valence-corrected chi connectivity index (χ1v) is 7.62. The molecule has 1 aromatic heterocycles. The van der Waals surface area contributed by atoms with Crippen LogP contribution in [0, 0.1) is 6.92 Å². The smallest absolute Gasteiger partial charge is 0.233 e. The van der Waals surface area contributed by atoms with Gasteiger partial charge in [0.2, 0.25) is 10.0 Å². The number of sulfonamides is 1. The van der Waals surface area contributed by atoms with Crippen LogP contribution in [0.5, 0.6) is 0 Å². The molecule has 1 N–H and O–H groups in total. The van der Waals surface area contributed by atoms with Crippen molar-refractivity contribution in [3.05, 3.63) is 30.1 Å². The van der Waals surface area contributed by atoms with Gasteiger partial charge in [-0.25, -0.2) is 8.42 Å². The van der Waals surface area contributed by atoms with E-state index in [1.807, 2.05) is 0 Å². The van der Waals surface area contributed by atoms with E-state index in [4.69, 9.17) is 11.6 Å². The molecular formula is C10H12ClN5O2S. The molecule has 0 aliphatic rings. The summed E-state index contributed by atoms with van der Waals surface area (Å²) in [5, 5.41) is 11.1. The minimum Gasteiger partial charge on any atom is -0.283 e. The van der Waals surface area contributed by atoms with Gasteiger partial charge in [0.15, 0.2) is 5.82 Å². The zero-order chi connectivity index (χ0) is 13.9. The second-order valence-corrected chi connectivity index (χ2v) is 6.02. The summed E-state index contributed by atoms with van der Waals surface area (Å²) in [6.07, 6.45) is 0. The third kappa shape index (κ3) is 3.42. The van der Waals surface area contributed by atoms with E-state index in [9.17, 15) is 8.42 Å². The van der Waals surface area contributed by atoms with Crippen molar-refractivity contribution in [1.29, 1.82) is 0 Å². The standard InChI is InChI=1S/C10H12ClN5O2S/c1-8-12-14-15-16(8)10-4-2-3-9(7-10)13-19(17,18)6-5-11/h2-4,7,13H,5-6H2,1H3. The van der Waals surface area contributed by atoms with E-state index < -0.39 is 10.0 Å². The van der Waals surface area contributed by atoms with Gasteiger partial charge in [0.05, 0.1) is 17.1 Å². The Morgan fingerprint density at radius 3 is 2.84 bits per heavy atom. The van der Waals surface area contributed by atoms with Crippen molar-refractivity contribution in [1.82, 2.24) is 20.2 Å². The minimum absolute atomic E-state index is 0.0428. The maximum absolute atomic E-state index is 11.6. The predicted octanol–water partition coefficient (Wildman–Crippen LogP) is 0.951. The Hall–Kier alpha value is -1.67. The zero-order valence-corrected chi connectivity index (χ0v) is 11.7. The molecule has 0 saturated carbocycles. The van der Waals surface area contributed by atoms with Gasteiger partial charge in [-0.2, -0.15) is 4.68 Å². The highest BCUT2D eigenvalue weighted by molar-refractivity contribution is 7.92. The van der Waals surface area contributed by atoms with Crippen LogP contribution >= 0.6 is 11.6 Å². The van der Waals surface area contributed by atoms with Crippen LogP contribution in [0.2, 0.25) is 0 Å². The highest BCUT2D eigenvalue weighted by Crippen LogP contribution is 2.15. The molecule has 0 radical (unpaired) electrons. The molecule has 0 unspecified atom stereocenters. The van der Waals surface area contributed by atoms with Crippen molar-refractivity contribution in [2.24, 2.45) is 0 Å². The maximum Gasteiger partial charge on any atom is 0.233 e. The molecule has 0 aliphatic heterocycles. The summed E-state index contributed by atoms with van der Waals surface area (Å²) in [6, 6.07) is 6.79. The van der Waals surface area contributed by atoms with E-state index in [1.54, 1.807) is 31.2 Å². The van der Waals surface area contributed by atoms with Gasteiger partial charge in [-0.05, 0) is 35.5 Å². The molecule has 0 atom stereocenters. The van der Waals surface area contributed by atoms with Crippen LogP contribution in [-0.4, -0.2) is 40.3 Å². The summed E-state index contributed by atoms with van der Waals surface area (Å²) >= 11 is 5.44. The van der Waals surface area contributed by atoms with Crippen molar-refractivity contribution < 1.29 is 8.42 Å². The van der Waals surface area contributed by atoms with Gasteiger partial charge in [0.1, 0.15) is 0 Å². The number of halogens is 1. The average molecular weight is 302 g/mol. The van der Waals surface area contributed by atoms with E-state index in [2.05, 4.69) is 20.2 Å². The van der Waals surface area contributed by atoms with E-state index in [1.165, 1.54) is 4.68 Å². The lowest BCUT2D eigenvalue weighted by molar-refractivity contribution is 0.602. The first-order chi connectivity index (χ1) is 9.02. The van der Waals surface area contributed by atoms with Crippen LogP contribution in [0.1, 0.15) is 5.82 Å². The molecule has 2 rings (SSSR count). The number of anilines is 1. The van der Waals surface area contributed by atoms with Crippen LogP contribution in [-0.2, 0) is 10.0 Å². The number of rotatable bonds is 5. The molecule has 0 fully saturated rings. The van der Waals surface area contributed by atoms with Gasteiger partial charge in [0, 0.05) is 5.88 Å². The van der Waals surface area contributed by atoms with Crippen LogP contribution in [0.4, 0.5) is 5.69 Å². The van der Waals surface area contributed by atoms with Gasteiger partial charge in [-0.3, -0.25) is 4.72 Å². The Bertz CT molecular complexity index is 670. The van der Waals surface area contributed by atoms with Crippen molar-refractivity contribution in [3.63, 3.8) is 0 Å². The molecule has 0 spiro atoms. The van der Waals surface area contributed by atoms with E-state index >= 15 is 0 Å².